The predicted octanol–water partition coefficient (Wildman–Crippen LogP) is 7.21. The first-order valence-electron chi connectivity index (χ1n) is 11.7. The highest BCUT2D eigenvalue weighted by Gasteiger charge is 2.25. The zero-order valence-electron chi connectivity index (χ0n) is 18.7. The molecule has 0 atom stereocenters. The molecule has 6 rings (SSSR count). The van der Waals surface area contributed by atoms with Crippen molar-refractivity contribution in [3.63, 3.8) is 0 Å². The van der Waals surface area contributed by atoms with E-state index in [1.54, 1.807) is 17.6 Å². The van der Waals surface area contributed by atoms with Crippen LogP contribution in [-0.2, 0) is 19.4 Å². The second-order valence-electron chi connectivity index (χ2n) is 8.64. The van der Waals surface area contributed by atoms with Gasteiger partial charge < -0.3 is 9.73 Å². The Morgan fingerprint density at radius 2 is 1.71 bits per heavy atom. The highest BCUT2D eigenvalue weighted by atomic mass is 32.1. The molecule has 0 bridgehead atoms. The van der Waals surface area contributed by atoms with Crippen molar-refractivity contribution >= 4 is 50.0 Å². The molecule has 0 saturated heterocycles. The molecule has 5 aromatic rings. The van der Waals surface area contributed by atoms with Crippen LogP contribution in [0, 0.1) is 0 Å². The van der Waals surface area contributed by atoms with Gasteiger partial charge in [-0.15, -0.1) is 11.3 Å². The number of carbonyl (C=O) groups is 1. The number of fused-ring (bicyclic) bond motifs is 3. The van der Waals surface area contributed by atoms with Crippen molar-refractivity contribution in [2.24, 2.45) is 4.99 Å². The average Bonchev–Trinajstić information content (AvgIpc) is 3.53. The summed E-state index contributed by atoms with van der Waals surface area (Å²) in [5, 5.41) is 8.52. The van der Waals surface area contributed by atoms with Crippen molar-refractivity contribution in [2.75, 3.05) is 0 Å². The van der Waals surface area contributed by atoms with Crippen molar-refractivity contribution in [3.8, 4) is 0 Å². The number of hydrogen-bond acceptors (Lipinski definition) is 4. The molecule has 4 nitrogen and oxygen atoms in total. The molecular weight excluding hydrogens is 440 g/mol. The lowest BCUT2D eigenvalue weighted by atomic mass is 9.95. The Balaban J connectivity index is 1.43. The molecule has 168 valence electrons. The molecule has 0 fully saturated rings. The van der Waals surface area contributed by atoms with E-state index in [0.717, 1.165) is 58.3 Å². The van der Waals surface area contributed by atoms with Gasteiger partial charge in [-0.05, 0) is 71.0 Å². The van der Waals surface area contributed by atoms with Gasteiger partial charge in [-0.3, -0.25) is 4.79 Å². The van der Waals surface area contributed by atoms with Crippen LogP contribution in [0.5, 0.6) is 0 Å². The van der Waals surface area contributed by atoms with Gasteiger partial charge in [0, 0.05) is 16.7 Å². The Labute approximate surface area is 201 Å². The van der Waals surface area contributed by atoms with Crippen LogP contribution in [0.1, 0.15) is 45.0 Å². The lowest BCUT2D eigenvalue weighted by Crippen LogP contribution is -2.23. The van der Waals surface area contributed by atoms with Crippen molar-refractivity contribution in [2.45, 2.75) is 32.2 Å². The van der Waals surface area contributed by atoms with E-state index in [4.69, 9.17) is 9.41 Å². The Hall–Kier alpha value is -3.70. The third-order valence-electron chi connectivity index (χ3n) is 6.51. The minimum absolute atomic E-state index is 0.0780. The fourth-order valence-corrected chi connectivity index (χ4v) is 6.09. The fourth-order valence-electron chi connectivity index (χ4n) is 4.86. The van der Waals surface area contributed by atoms with E-state index in [1.807, 2.05) is 18.3 Å². The lowest BCUT2D eigenvalue weighted by molar-refractivity contribution is 0.0948. The highest BCUT2D eigenvalue weighted by Crippen LogP contribution is 2.40. The number of hydrogen-bond donors (Lipinski definition) is 1. The molecule has 3 aromatic carbocycles. The van der Waals surface area contributed by atoms with E-state index in [0.29, 0.717) is 6.54 Å². The van der Waals surface area contributed by atoms with Crippen molar-refractivity contribution in [1.29, 1.82) is 0 Å². The number of nitrogens with zero attached hydrogens (tertiary/aromatic N) is 1. The summed E-state index contributed by atoms with van der Waals surface area (Å²) in [7, 11) is 0. The van der Waals surface area contributed by atoms with Crippen molar-refractivity contribution < 1.29 is 9.21 Å². The van der Waals surface area contributed by atoms with Gasteiger partial charge in [0.25, 0.3) is 5.91 Å². The minimum Gasteiger partial charge on any atom is -0.467 e. The smallest absolute Gasteiger partial charge is 0.255 e. The maximum absolute atomic E-state index is 13.3. The number of thiophene rings is 1. The molecule has 1 N–H and O–H groups in total. The quantitative estimate of drug-likeness (QED) is 0.221. The van der Waals surface area contributed by atoms with Crippen LogP contribution in [0.2, 0.25) is 0 Å². The average molecular weight is 465 g/mol. The van der Waals surface area contributed by atoms with E-state index >= 15 is 0 Å². The maximum atomic E-state index is 13.3. The van der Waals surface area contributed by atoms with Gasteiger partial charge in [0.2, 0.25) is 0 Å². The molecule has 5 heteroatoms. The van der Waals surface area contributed by atoms with Crippen LogP contribution >= 0.6 is 11.3 Å². The number of nitrogens with one attached hydrogen (secondary N) is 1. The number of aryl methyl sites for hydroxylation is 1. The number of amides is 1. The molecule has 2 heterocycles. The lowest BCUT2D eigenvalue weighted by Gasteiger charge is -2.12. The number of furan rings is 1. The Morgan fingerprint density at radius 3 is 2.44 bits per heavy atom. The number of benzene rings is 3. The predicted molar refractivity (Wildman–Crippen MR) is 140 cm³/mol. The normalized spacial score (nSPS) is 13.5. The Bertz CT molecular complexity index is 1480. The van der Waals surface area contributed by atoms with Crippen molar-refractivity contribution in [3.05, 3.63) is 100 Å². The highest BCUT2D eigenvalue weighted by molar-refractivity contribution is 7.16. The molecule has 1 aliphatic rings. The summed E-state index contributed by atoms with van der Waals surface area (Å²) in [5.74, 6) is 0.662. The van der Waals surface area contributed by atoms with Crippen LogP contribution in [-0.4, -0.2) is 12.1 Å². The Morgan fingerprint density at radius 1 is 0.971 bits per heavy atom. The van der Waals surface area contributed by atoms with E-state index < -0.39 is 0 Å². The van der Waals surface area contributed by atoms with Gasteiger partial charge in [-0.25, -0.2) is 4.99 Å². The third-order valence-corrected chi connectivity index (χ3v) is 7.71. The summed E-state index contributed by atoms with van der Waals surface area (Å²) < 4.78 is 5.39. The summed E-state index contributed by atoms with van der Waals surface area (Å²) >= 11 is 1.66. The van der Waals surface area contributed by atoms with E-state index in [2.05, 4.69) is 59.9 Å². The van der Waals surface area contributed by atoms with Crippen LogP contribution in [0.3, 0.4) is 0 Å². The topological polar surface area (TPSA) is 54.6 Å². The number of rotatable bonds is 5. The zero-order chi connectivity index (χ0) is 22.9. The fraction of sp³-hybridized carbons (Fsp3) is 0.172. The van der Waals surface area contributed by atoms with Gasteiger partial charge >= 0.3 is 0 Å². The summed E-state index contributed by atoms with van der Waals surface area (Å²) in [6.45, 7) is 0.369. The van der Waals surface area contributed by atoms with Gasteiger partial charge in [0.1, 0.15) is 10.8 Å². The molecule has 1 amide bonds. The van der Waals surface area contributed by atoms with Crippen LogP contribution in [0.15, 0.2) is 82.4 Å². The molecule has 0 saturated carbocycles. The first kappa shape index (κ1) is 20.9. The van der Waals surface area contributed by atoms with Crippen LogP contribution in [0.4, 0.5) is 5.00 Å². The summed E-state index contributed by atoms with van der Waals surface area (Å²) in [6, 6.07) is 22.7. The molecule has 0 aliphatic heterocycles. The summed E-state index contributed by atoms with van der Waals surface area (Å²) in [5.41, 5.74) is 2.98. The SMILES string of the molecule is O=C(NCc1ccco1)c1c(N=Cc2c3ccccc3cc3ccccc23)sc2c1CCCC2. The first-order valence-corrected chi connectivity index (χ1v) is 12.5. The molecule has 0 radical (unpaired) electrons. The second kappa shape index (κ2) is 8.92. The summed E-state index contributed by atoms with van der Waals surface area (Å²) in [4.78, 5) is 19.6. The largest absolute Gasteiger partial charge is 0.467 e. The molecule has 2 aromatic heterocycles. The summed E-state index contributed by atoms with van der Waals surface area (Å²) in [6.07, 6.45) is 7.80. The monoisotopic (exact) mass is 464 g/mol. The maximum Gasteiger partial charge on any atom is 0.255 e. The molecule has 34 heavy (non-hydrogen) atoms. The second-order valence-corrected chi connectivity index (χ2v) is 9.73. The van der Waals surface area contributed by atoms with Gasteiger partial charge in [-0.1, -0.05) is 48.5 Å². The van der Waals surface area contributed by atoms with Crippen molar-refractivity contribution in [1.82, 2.24) is 5.32 Å². The van der Waals surface area contributed by atoms with Crippen LogP contribution < -0.4 is 5.32 Å². The number of aliphatic imine (C=N–C) groups is 1. The first-order chi connectivity index (χ1) is 16.8. The van der Waals surface area contributed by atoms with Gasteiger partial charge in [0.15, 0.2) is 0 Å². The van der Waals surface area contributed by atoms with Gasteiger partial charge in [0.05, 0.1) is 18.4 Å². The number of carbonyl (C=O) groups excluding carboxylic acids is 1. The molecule has 0 spiro atoms. The van der Waals surface area contributed by atoms with E-state index in [9.17, 15) is 4.79 Å². The van der Waals surface area contributed by atoms with Crippen LogP contribution in [0.25, 0.3) is 21.5 Å². The minimum atomic E-state index is -0.0780. The van der Waals surface area contributed by atoms with E-state index in [-0.39, 0.29) is 5.91 Å². The third kappa shape index (κ3) is 3.82. The standard InChI is InChI=1S/C29H24N2O2S/c32-28(30-17-21-10-7-15-33-21)27-24-13-5-6-14-26(24)34-29(27)31-18-25-22-11-3-1-8-19(22)16-20-9-2-4-12-23(20)25/h1-4,7-12,15-16,18H,5-6,13-14,17H2,(H,30,32). The molecular formula is C29H24N2O2S. The Kier molecular flexibility index (Phi) is 5.47. The van der Waals surface area contributed by atoms with Gasteiger partial charge in [-0.2, -0.15) is 0 Å². The molecule has 0 unspecified atom stereocenters. The zero-order valence-corrected chi connectivity index (χ0v) is 19.5. The van der Waals surface area contributed by atoms with E-state index in [1.165, 1.54) is 21.2 Å². The molecule has 1 aliphatic carbocycles.